The Kier molecular flexibility index (Phi) is 10.6. The minimum absolute atomic E-state index is 0.181. The molecule has 0 aromatic heterocycles. The highest BCUT2D eigenvalue weighted by Crippen LogP contribution is 2.14. The summed E-state index contributed by atoms with van der Waals surface area (Å²) in [6, 6.07) is 17.9. The van der Waals surface area contributed by atoms with Crippen molar-refractivity contribution in [2.75, 3.05) is 31.1 Å². The van der Waals surface area contributed by atoms with Crippen LogP contribution in [0.15, 0.2) is 54.6 Å². The zero-order chi connectivity index (χ0) is 18.3. The maximum Gasteiger partial charge on any atom is 0.150 e. The molecule has 0 heterocycles. The lowest BCUT2D eigenvalue weighted by molar-refractivity contribution is -0.0980. The lowest BCUT2D eigenvalue weighted by Crippen LogP contribution is -2.33. The second-order valence-electron chi connectivity index (χ2n) is 5.44. The second-order valence-corrected chi connectivity index (χ2v) is 5.44. The summed E-state index contributed by atoms with van der Waals surface area (Å²) < 4.78 is 0. The van der Waals surface area contributed by atoms with Gasteiger partial charge < -0.3 is 20.1 Å². The van der Waals surface area contributed by atoms with Gasteiger partial charge in [-0.05, 0) is 36.2 Å². The molecule has 0 aliphatic rings. The number of aliphatic hydroxyl groups excluding tert-OH is 1. The molecule has 0 bridgehead atoms. The fraction of sp³-hybridized carbons (Fsp3) is 0.300. The molecule has 0 unspecified atom stereocenters. The number of nitrogens with zero attached hydrogens (tertiary/aromatic N) is 1. The highest BCUT2D eigenvalue weighted by molar-refractivity contribution is 5.75. The Balaban J connectivity index is 0.00000151. The number of benzene rings is 2. The van der Waals surface area contributed by atoms with Crippen LogP contribution < -0.4 is 10.2 Å². The first-order valence-electron chi connectivity index (χ1n) is 8.28. The first-order valence-corrected chi connectivity index (χ1v) is 8.28. The van der Waals surface area contributed by atoms with Crippen molar-refractivity contribution in [2.45, 2.75) is 13.0 Å². The third-order valence-electron chi connectivity index (χ3n) is 3.71. The summed E-state index contributed by atoms with van der Waals surface area (Å²) >= 11 is 0. The minimum atomic E-state index is 0.181. The van der Waals surface area contributed by atoms with Crippen LogP contribution in [0.4, 0.5) is 5.69 Å². The van der Waals surface area contributed by atoms with Crippen LogP contribution in [-0.2, 0) is 11.3 Å². The van der Waals surface area contributed by atoms with Crippen LogP contribution in [0.25, 0.3) is 0 Å². The lowest BCUT2D eigenvalue weighted by atomic mass is 10.2. The number of hydrogen-bond acceptors (Lipinski definition) is 5. The molecule has 134 valence electrons. The summed E-state index contributed by atoms with van der Waals surface area (Å²) in [6.45, 7) is 5.53. The molecule has 5 heteroatoms. The van der Waals surface area contributed by atoms with Crippen LogP contribution in [0.5, 0.6) is 0 Å². The van der Waals surface area contributed by atoms with Crippen LogP contribution in [0.3, 0.4) is 0 Å². The number of nitrogens with one attached hydrogen (secondary N) is 1. The van der Waals surface area contributed by atoms with E-state index in [1.54, 1.807) is 0 Å². The Labute approximate surface area is 149 Å². The monoisotopic (exact) mass is 342 g/mol. The Morgan fingerprint density at radius 3 is 2.28 bits per heavy atom. The van der Waals surface area contributed by atoms with Crippen molar-refractivity contribution in [3.05, 3.63) is 65.7 Å². The van der Waals surface area contributed by atoms with Gasteiger partial charge in [-0.25, -0.2) is 0 Å². The van der Waals surface area contributed by atoms with Crippen molar-refractivity contribution in [3.63, 3.8) is 0 Å². The van der Waals surface area contributed by atoms with E-state index in [0.717, 1.165) is 44.6 Å². The number of aliphatic hydroxyl groups is 1. The van der Waals surface area contributed by atoms with Gasteiger partial charge in [0.25, 0.3) is 0 Å². The van der Waals surface area contributed by atoms with Gasteiger partial charge in [0, 0.05) is 44.0 Å². The molecule has 0 saturated carbocycles. The van der Waals surface area contributed by atoms with E-state index in [-0.39, 0.29) is 6.61 Å². The van der Waals surface area contributed by atoms with Gasteiger partial charge in [0.15, 0.2) is 0 Å². The maximum atomic E-state index is 10.7. The fourth-order valence-electron chi connectivity index (χ4n) is 2.44. The number of aldehydes is 1. The van der Waals surface area contributed by atoms with E-state index in [1.807, 2.05) is 49.3 Å². The van der Waals surface area contributed by atoms with Gasteiger partial charge >= 0.3 is 0 Å². The molecule has 0 fully saturated rings. The zero-order valence-corrected chi connectivity index (χ0v) is 14.4. The molecule has 0 aliphatic carbocycles. The average molecular weight is 342 g/mol. The highest BCUT2D eigenvalue weighted by atomic mass is 16.3. The average Bonchev–Trinajstić information content (AvgIpc) is 2.70. The molecule has 2 rings (SSSR count). The minimum Gasteiger partial charge on any atom is -0.396 e. The summed E-state index contributed by atoms with van der Waals surface area (Å²) in [7, 11) is 0. The largest absolute Gasteiger partial charge is 0.396 e. The summed E-state index contributed by atoms with van der Waals surface area (Å²) in [5.41, 5.74) is 3.02. The first kappa shape index (κ1) is 20.5. The van der Waals surface area contributed by atoms with Gasteiger partial charge in [-0.15, -0.1) is 0 Å². The molecule has 25 heavy (non-hydrogen) atoms. The van der Waals surface area contributed by atoms with Crippen LogP contribution in [-0.4, -0.2) is 44.4 Å². The molecule has 0 amide bonds. The predicted octanol–water partition coefficient (Wildman–Crippen LogP) is 2.29. The molecule has 2 aromatic rings. The predicted molar refractivity (Wildman–Crippen MR) is 101 cm³/mol. The molecule has 5 nitrogen and oxygen atoms in total. The van der Waals surface area contributed by atoms with E-state index in [4.69, 9.17) is 9.90 Å². The van der Waals surface area contributed by atoms with Gasteiger partial charge in [-0.2, -0.15) is 0 Å². The Morgan fingerprint density at radius 1 is 1.00 bits per heavy atom. The van der Waals surface area contributed by atoms with Crippen LogP contribution in [0.2, 0.25) is 0 Å². The number of anilines is 1. The van der Waals surface area contributed by atoms with E-state index in [2.05, 4.69) is 22.3 Å². The molecule has 0 radical (unpaired) electrons. The van der Waals surface area contributed by atoms with Crippen molar-refractivity contribution < 1.29 is 14.7 Å². The van der Waals surface area contributed by atoms with Crippen LogP contribution in [0.1, 0.15) is 22.3 Å². The van der Waals surface area contributed by atoms with Gasteiger partial charge in [-0.1, -0.05) is 30.3 Å². The third-order valence-corrected chi connectivity index (χ3v) is 3.71. The summed E-state index contributed by atoms with van der Waals surface area (Å²) in [4.78, 5) is 21.0. The molecule has 2 N–H and O–H groups in total. The number of carbonyl (C=O) groups excluding carboxylic acids is 2. The molecule has 0 saturated heterocycles. The van der Waals surface area contributed by atoms with Gasteiger partial charge in [0.1, 0.15) is 13.1 Å². The number of hydrogen-bond donors (Lipinski definition) is 2. The van der Waals surface area contributed by atoms with Gasteiger partial charge in [-0.3, -0.25) is 4.79 Å². The molecule has 0 spiro atoms. The quantitative estimate of drug-likeness (QED) is 0.512. The number of rotatable bonds is 10. The Bertz CT molecular complexity index is 588. The van der Waals surface area contributed by atoms with Gasteiger partial charge in [0.05, 0.1) is 0 Å². The zero-order valence-electron chi connectivity index (χ0n) is 14.4. The third kappa shape index (κ3) is 7.74. The second kappa shape index (κ2) is 12.9. The van der Waals surface area contributed by atoms with E-state index in [1.165, 1.54) is 5.56 Å². The molecule has 2 aromatic carbocycles. The van der Waals surface area contributed by atoms with Crippen molar-refractivity contribution in [1.29, 1.82) is 0 Å². The Hall–Kier alpha value is -2.50. The van der Waals surface area contributed by atoms with Gasteiger partial charge in [0.2, 0.25) is 0 Å². The topological polar surface area (TPSA) is 69.6 Å². The summed E-state index contributed by atoms with van der Waals surface area (Å²) in [5.74, 6) is 0. The van der Waals surface area contributed by atoms with Crippen LogP contribution >= 0.6 is 0 Å². The van der Waals surface area contributed by atoms with E-state index in [9.17, 15) is 4.79 Å². The van der Waals surface area contributed by atoms with Crippen molar-refractivity contribution in [3.8, 4) is 0 Å². The van der Waals surface area contributed by atoms with Crippen LogP contribution in [0, 0.1) is 0 Å². The molecular formula is C20H26N2O3. The van der Waals surface area contributed by atoms with E-state index >= 15 is 0 Å². The summed E-state index contributed by atoms with van der Waals surface area (Å²) in [5, 5.41) is 12.5. The fourth-order valence-corrected chi connectivity index (χ4v) is 2.44. The standard InChI is InChI=1S/C19H24N2O2.CH2O/c22-14-4-12-21(19-9-7-18(16-23)8-10-19)13-11-20-15-17-5-2-1-3-6-17;1-2/h1-3,5-10,16,20,22H,4,11-15H2;1H2. The summed E-state index contributed by atoms with van der Waals surface area (Å²) in [6.07, 6.45) is 1.58. The number of carbonyl (C=O) groups is 2. The van der Waals surface area contributed by atoms with E-state index < -0.39 is 0 Å². The van der Waals surface area contributed by atoms with Crippen molar-refractivity contribution in [1.82, 2.24) is 5.32 Å². The SMILES string of the molecule is C=O.O=Cc1ccc(N(CCCO)CCNCc2ccccc2)cc1. The van der Waals surface area contributed by atoms with Crippen molar-refractivity contribution >= 4 is 18.8 Å². The Morgan fingerprint density at radius 2 is 1.68 bits per heavy atom. The smallest absolute Gasteiger partial charge is 0.150 e. The lowest BCUT2D eigenvalue weighted by Gasteiger charge is -2.25. The molecule has 0 atom stereocenters. The maximum absolute atomic E-state index is 10.7. The molecular weight excluding hydrogens is 316 g/mol. The first-order chi connectivity index (χ1) is 12.3. The molecule has 0 aliphatic heterocycles. The normalized spacial score (nSPS) is 9.80. The van der Waals surface area contributed by atoms with Crippen molar-refractivity contribution in [2.24, 2.45) is 0 Å². The highest BCUT2D eigenvalue weighted by Gasteiger charge is 2.06. The van der Waals surface area contributed by atoms with E-state index in [0.29, 0.717) is 5.56 Å².